The first kappa shape index (κ1) is 8.26. The average Bonchev–Trinajstić information content (AvgIpc) is 1.85. The van der Waals surface area contributed by atoms with E-state index in [4.69, 9.17) is 10.8 Å². The molecule has 2 atom stereocenters. The molecule has 0 aromatic heterocycles. The van der Waals surface area contributed by atoms with E-state index < -0.39 is 12.3 Å². The van der Waals surface area contributed by atoms with Crippen LogP contribution in [0.2, 0.25) is 0 Å². The molecule has 0 aromatic carbocycles. The lowest BCUT2D eigenvalue weighted by Crippen LogP contribution is -2.49. The third-order valence-corrected chi connectivity index (χ3v) is 1.70. The Kier molecular flexibility index (Phi) is 2.28. The van der Waals surface area contributed by atoms with Crippen molar-refractivity contribution in [3.63, 3.8) is 0 Å². The quantitative estimate of drug-likeness (QED) is 0.528. The van der Waals surface area contributed by atoms with Crippen LogP contribution >= 0.6 is 0 Å². The van der Waals surface area contributed by atoms with Crippen LogP contribution in [-0.4, -0.2) is 41.4 Å². The molecule has 0 bridgehead atoms. The summed E-state index contributed by atoms with van der Waals surface area (Å²) in [6, 6.07) is -0.352. The number of amides is 1. The molecule has 0 aromatic rings. The van der Waals surface area contributed by atoms with Gasteiger partial charge >= 0.3 is 6.09 Å². The summed E-state index contributed by atoms with van der Waals surface area (Å²) in [5, 5.41) is 8.48. The number of piperidine rings is 1. The number of halogens is 1. The fourth-order valence-corrected chi connectivity index (χ4v) is 1.23. The number of alkyl halides is 1. The Morgan fingerprint density at radius 1 is 1.64 bits per heavy atom. The summed E-state index contributed by atoms with van der Waals surface area (Å²) in [6.45, 7) is 0.207. The fraction of sp³-hybridized carbons (Fsp3) is 0.833. The molecule has 1 fully saturated rings. The molecule has 1 aliphatic rings. The number of rotatable bonds is 0. The highest BCUT2D eigenvalue weighted by molar-refractivity contribution is 5.65. The zero-order chi connectivity index (χ0) is 8.43. The van der Waals surface area contributed by atoms with Gasteiger partial charge in [-0.3, -0.25) is 0 Å². The molecule has 0 unspecified atom stereocenters. The summed E-state index contributed by atoms with van der Waals surface area (Å²) >= 11 is 0. The Bertz CT molecular complexity index is 155. The second-order valence-corrected chi connectivity index (χ2v) is 2.78. The molecule has 5 heteroatoms. The highest BCUT2D eigenvalue weighted by atomic mass is 19.1. The first-order valence-corrected chi connectivity index (χ1v) is 3.47. The monoisotopic (exact) mass is 162 g/mol. The second-order valence-electron chi connectivity index (χ2n) is 2.78. The zero-order valence-corrected chi connectivity index (χ0v) is 6.03. The maximum Gasteiger partial charge on any atom is 0.407 e. The van der Waals surface area contributed by atoms with E-state index in [9.17, 15) is 9.18 Å². The van der Waals surface area contributed by atoms with Gasteiger partial charge in [0.15, 0.2) is 0 Å². The summed E-state index contributed by atoms with van der Waals surface area (Å²) in [5.74, 6) is 0. The molecular weight excluding hydrogens is 151 g/mol. The molecule has 1 heterocycles. The van der Waals surface area contributed by atoms with E-state index in [2.05, 4.69) is 0 Å². The molecule has 4 nitrogen and oxygen atoms in total. The van der Waals surface area contributed by atoms with Crippen molar-refractivity contribution in [2.75, 3.05) is 13.1 Å². The van der Waals surface area contributed by atoms with Crippen LogP contribution in [0.5, 0.6) is 0 Å². The van der Waals surface area contributed by atoms with Crippen molar-refractivity contribution < 1.29 is 14.3 Å². The molecule has 1 amide bonds. The van der Waals surface area contributed by atoms with Crippen molar-refractivity contribution in [3.05, 3.63) is 0 Å². The van der Waals surface area contributed by atoms with E-state index in [1.54, 1.807) is 0 Å². The summed E-state index contributed by atoms with van der Waals surface area (Å²) in [6.07, 6.45) is -1.93. The maximum absolute atomic E-state index is 12.7. The molecule has 0 radical (unpaired) electrons. The van der Waals surface area contributed by atoms with Gasteiger partial charge in [0.1, 0.15) is 6.17 Å². The van der Waals surface area contributed by atoms with Crippen molar-refractivity contribution in [1.82, 2.24) is 4.90 Å². The molecule has 64 valence electrons. The Labute approximate surface area is 63.8 Å². The lowest BCUT2D eigenvalue weighted by atomic mass is 10.1. The predicted octanol–water partition coefficient (Wildman–Crippen LogP) is 0.0355. The molecule has 0 saturated carbocycles. The summed E-state index contributed by atoms with van der Waals surface area (Å²) < 4.78 is 12.7. The van der Waals surface area contributed by atoms with Gasteiger partial charge in [0, 0.05) is 12.6 Å². The van der Waals surface area contributed by atoms with Crippen molar-refractivity contribution in [3.8, 4) is 0 Å². The third kappa shape index (κ3) is 2.04. The van der Waals surface area contributed by atoms with Gasteiger partial charge < -0.3 is 15.7 Å². The highest BCUT2D eigenvalue weighted by Gasteiger charge is 2.27. The molecule has 0 spiro atoms. The van der Waals surface area contributed by atoms with Crippen molar-refractivity contribution in [2.24, 2.45) is 5.73 Å². The van der Waals surface area contributed by atoms with Gasteiger partial charge in [0.05, 0.1) is 6.54 Å². The van der Waals surface area contributed by atoms with Gasteiger partial charge in [-0.2, -0.15) is 0 Å². The zero-order valence-electron chi connectivity index (χ0n) is 6.03. The van der Waals surface area contributed by atoms with Crippen LogP contribution in [0.4, 0.5) is 9.18 Å². The number of nitrogens with zero attached hydrogens (tertiary/aromatic N) is 1. The minimum Gasteiger partial charge on any atom is -0.465 e. The van der Waals surface area contributed by atoms with Crippen LogP contribution in [0, 0.1) is 0 Å². The van der Waals surface area contributed by atoms with Gasteiger partial charge in [0.25, 0.3) is 0 Å². The average molecular weight is 162 g/mol. The molecular formula is C6H11FN2O2. The number of carbonyl (C=O) groups is 1. The number of hydrogen-bond donors (Lipinski definition) is 2. The van der Waals surface area contributed by atoms with E-state index in [0.717, 1.165) is 4.90 Å². The SMILES string of the molecule is N[C@@H]1C[C@@H](F)CN(C(=O)O)C1. The van der Waals surface area contributed by atoms with Gasteiger partial charge in [0.2, 0.25) is 0 Å². The van der Waals surface area contributed by atoms with Crippen LogP contribution in [0.3, 0.4) is 0 Å². The third-order valence-electron chi connectivity index (χ3n) is 1.70. The summed E-state index contributed by atoms with van der Waals surface area (Å²) in [7, 11) is 0. The molecule has 0 aliphatic carbocycles. The van der Waals surface area contributed by atoms with Crippen LogP contribution in [0.1, 0.15) is 6.42 Å². The topological polar surface area (TPSA) is 66.6 Å². The Morgan fingerprint density at radius 3 is 2.73 bits per heavy atom. The Hall–Kier alpha value is -0.840. The van der Waals surface area contributed by atoms with E-state index in [1.807, 2.05) is 0 Å². The molecule has 1 aliphatic heterocycles. The highest BCUT2D eigenvalue weighted by Crippen LogP contribution is 2.11. The lowest BCUT2D eigenvalue weighted by molar-refractivity contribution is 0.0991. The van der Waals surface area contributed by atoms with Gasteiger partial charge in [-0.05, 0) is 6.42 Å². The number of likely N-dealkylation sites (tertiary alicyclic amines) is 1. The van der Waals surface area contributed by atoms with Gasteiger partial charge in [-0.15, -0.1) is 0 Å². The van der Waals surface area contributed by atoms with Crippen LogP contribution in [0.25, 0.3) is 0 Å². The van der Waals surface area contributed by atoms with Crippen LogP contribution in [-0.2, 0) is 0 Å². The lowest BCUT2D eigenvalue weighted by Gasteiger charge is -2.30. The largest absolute Gasteiger partial charge is 0.465 e. The molecule has 3 N–H and O–H groups in total. The van der Waals surface area contributed by atoms with E-state index in [1.165, 1.54) is 0 Å². The van der Waals surface area contributed by atoms with Crippen molar-refractivity contribution >= 4 is 6.09 Å². The standard InChI is InChI=1S/C6H11FN2O2/c7-4-1-5(8)3-9(2-4)6(10)11/h4-5H,1-3,8H2,(H,10,11)/t4-,5-/m1/s1. The fourth-order valence-electron chi connectivity index (χ4n) is 1.23. The number of carboxylic acid groups (broad SMARTS) is 1. The first-order chi connectivity index (χ1) is 5.09. The molecule has 1 saturated heterocycles. The maximum atomic E-state index is 12.7. The van der Waals surface area contributed by atoms with Crippen LogP contribution < -0.4 is 5.73 Å². The van der Waals surface area contributed by atoms with Crippen molar-refractivity contribution in [1.29, 1.82) is 0 Å². The predicted molar refractivity (Wildman–Crippen MR) is 37.1 cm³/mol. The van der Waals surface area contributed by atoms with E-state index in [-0.39, 0.29) is 25.6 Å². The first-order valence-electron chi connectivity index (χ1n) is 3.47. The van der Waals surface area contributed by atoms with Crippen LogP contribution in [0.15, 0.2) is 0 Å². The Morgan fingerprint density at radius 2 is 2.27 bits per heavy atom. The van der Waals surface area contributed by atoms with E-state index in [0.29, 0.717) is 0 Å². The minimum atomic E-state index is -1.10. The number of nitrogens with two attached hydrogens (primary N) is 1. The Balaban J connectivity index is 2.49. The number of hydrogen-bond acceptors (Lipinski definition) is 2. The second kappa shape index (κ2) is 3.04. The smallest absolute Gasteiger partial charge is 0.407 e. The summed E-state index contributed by atoms with van der Waals surface area (Å²) in [4.78, 5) is 11.4. The van der Waals surface area contributed by atoms with Gasteiger partial charge in [-0.25, -0.2) is 9.18 Å². The van der Waals surface area contributed by atoms with E-state index >= 15 is 0 Å². The van der Waals surface area contributed by atoms with Gasteiger partial charge in [-0.1, -0.05) is 0 Å². The molecule has 1 rings (SSSR count). The normalized spacial score (nSPS) is 32.0. The molecule has 11 heavy (non-hydrogen) atoms. The van der Waals surface area contributed by atoms with Crippen molar-refractivity contribution in [2.45, 2.75) is 18.6 Å². The minimum absolute atomic E-state index is 0.0387. The summed E-state index contributed by atoms with van der Waals surface area (Å²) in [5.41, 5.74) is 5.41.